The molecule has 1 N–H and O–H groups in total. The van der Waals surface area contributed by atoms with Crippen LogP contribution in [-0.2, 0) is 10.0 Å². The Hall–Kier alpha value is -0.980. The van der Waals surface area contributed by atoms with E-state index in [0.717, 1.165) is 15.1 Å². The zero-order valence-corrected chi connectivity index (χ0v) is 15.0. The maximum Gasteiger partial charge on any atom is 0.262 e. The highest BCUT2D eigenvalue weighted by Gasteiger charge is 2.18. The van der Waals surface area contributed by atoms with Gasteiger partial charge in [-0.1, -0.05) is 41.1 Å². The summed E-state index contributed by atoms with van der Waals surface area (Å²) in [6.07, 6.45) is 0. The molecule has 21 heavy (non-hydrogen) atoms. The van der Waals surface area contributed by atoms with Gasteiger partial charge in [0.05, 0.1) is 10.6 Å². The van der Waals surface area contributed by atoms with Gasteiger partial charge in [-0.2, -0.15) is 0 Å². The van der Waals surface area contributed by atoms with Gasteiger partial charge in [0.15, 0.2) is 0 Å². The molecule has 2 aromatic rings. The van der Waals surface area contributed by atoms with Gasteiger partial charge < -0.3 is 0 Å². The third kappa shape index (κ3) is 4.02. The van der Waals surface area contributed by atoms with Crippen molar-refractivity contribution in [2.75, 3.05) is 10.5 Å². The van der Waals surface area contributed by atoms with E-state index in [0.29, 0.717) is 11.3 Å². The maximum absolute atomic E-state index is 12.6. The average Bonchev–Trinajstić information content (AvgIpc) is 2.43. The van der Waals surface area contributed by atoms with Crippen LogP contribution in [0.5, 0.6) is 0 Å². The van der Waals surface area contributed by atoms with Crippen molar-refractivity contribution >= 4 is 43.4 Å². The minimum Gasteiger partial charge on any atom is -0.278 e. The molecule has 0 radical (unpaired) electrons. The molecule has 3 nitrogen and oxygen atoms in total. The van der Waals surface area contributed by atoms with E-state index in [1.54, 1.807) is 36.9 Å². The van der Waals surface area contributed by atoms with Crippen molar-refractivity contribution < 1.29 is 8.42 Å². The highest BCUT2D eigenvalue weighted by Crippen LogP contribution is 2.29. The lowest BCUT2D eigenvalue weighted by Crippen LogP contribution is -2.14. The first kappa shape index (κ1) is 16.4. The highest BCUT2D eigenvalue weighted by atomic mass is 79.9. The molecule has 0 unspecified atom stereocenters. The van der Waals surface area contributed by atoms with Crippen LogP contribution in [0.4, 0.5) is 5.69 Å². The molecule has 0 aliphatic rings. The number of halogens is 1. The number of rotatable bonds is 5. The zero-order chi connectivity index (χ0) is 15.5. The average molecular weight is 386 g/mol. The summed E-state index contributed by atoms with van der Waals surface area (Å²) >= 11 is 4.93. The van der Waals surface area contributed by atoms with Crippen LogP contribution in [0.2, 0.25) is 0 Å². The fourth-order valence-electron chi connectivity index (χ4n) is 1.90. The van der Waals surface area contributed by atoms with Crippen LogP contribution in [0.25, 0.3) is 0 Å². The van der Waals surface area contributed by atoms with Gasteiger partial charge in [-0.15, -0.1) is 11.8 Å². The minimum absolute atomic E-state index is 0.285. The van der Waals surface area contributed by atoms with Crippen LogP contribution in [0, 0.1) is 6.92 Å². The van der Waals surface area contributed by atoms with E-state index in [9.17, 15) is 8.42 Å². The quantitative estimate of drug-likeness (QED) is 0.760. The fourth-order valence-corrected chi connectivity index (χ4v) is 4.58. The number of aryl methyl sites for hydroxylation is 1. The van der Waals surface area contributed by atoms with Crippen LogP contribution in [0.15, 0.2) is 56.7 Å². The van der Waals surface area contributed by atoms with Gasteiger partial charge in [-0.3, -0.25) is 4.72 Å². The molecule has 2 rings (SSSR count). The second kappa shape index (κ2) is 6.85. The molecule has 2 aromatic carbocycles. The van der Waals surface area contributed by atoms with Gasteiger partial charge >= 0.3 is 0 Å². The number of hydrogen-bond donors (Lipinski definition) is 1. The normalized spacial score (nSPS) is 11.4. The molecule has 0 amide bonds. The van der Waals surface area contributed by atoms with Gasteiger partial charge in [0.2, 0.25) is 0 Å². The van der Waals surface area contributed by atoms with Gasteiger partial charge in [-0.25, -0.2) is 8.42 Å². The molecular formula is C15H16BrNO2S2. The third-order valence-electron chi connectivity index (χ3n) is 2.87. The molecule has 0 heterocycles. The summed E-state index contributed by atoms with van der Waals surface area (Å²) in [6, 6.07) is 12.7. The Morgan fingerprint density at radius 3 is 2.62 bits per heavy atom. The standard InChI is InChI=1S/C15H16BrNO2S2/c1-3-20-14-7-5-4-6-13(14)17-21(18,19)15-10-12(16)9-8-11(15)2/h4-10,17H,3H2,1-2H3. The lowest BCUT2D eigenvalue weighted by atomic mass is 10.2. The molecule has 0 bridgehead atoms. The molecule has 0 fully saturated rings. The minimum atomic E-state index is -3.60. The molecule has 0 atom stereocenters. The zero-order valence-electron chi connectivity index (χ0n) is 11.8. The molecule has 0 saturated carbocycles. The second-order valence-corrected chi connectivity index (χ2v) is 8.32. The van der Waals surface area contributed by atoms with Crippen LogP contribution in [-0.4, -0.2) is 14.2 Å². The van der Waals surface area contributed by atoms with Gasteiger partial charge in [0, 0.05) is 9.37 Å². The van der Waals surface area contributed by atoms with Crippen molar-refractivity contribution in [3.05, 3.63) is 52.5 Å². The molecule has 112 valence electrons. The predicted molar refractivity (Wildman–Crippen MR) is 92.5 cm³/mol. The van der Waals surface area contributed by atoms with Crippen molar-refractivity contribution in [1.29, 1.82) is 0 Å². The van der Waals surface area contributed by atoms with E-state index in [1.807, 2.05) is 31.2 Å². The number of benzene rings is 2. The Morgan fingerprint density at radius 2 is 1.90 bits per heavy atom. The van der Waals surface area contributed by atoms with E-state index in [-0.39, 0.29) is 4.90 Å². The molecule has 0 aliphatic heterocycles. The van der Waals surface area contributed by atoms with E-state index >= 15 is 0 Å². The van der Waals surface area contributed by atoms with Crippen molar-refractivity contribution in [2.45, 2.75) is 23.6 Å². The fraction of sp³-hybridized carbons (Fsp3) is 0.200. The number of nitrogens with one attached hydrogen (secondary N) is 1. The van der Waals surface area contributed by atoms with Crippen molar-refractivity contribution in [2.24, 2.45) is 0 Å². The largest absolute Gasteiger partial charge is 0.278 e. The van der Waals surface area contributed by atoms with E-state index in [1.165, 1.54) is 0 Å². The first-order valence-electron chi connectivity index (χ1n) is 6.45. The summed E-state index contributed by atoms with van der Waals surface area (Å²) in [5.41, 5.74) is 1.33. The number of anilines is 1. The summed E-state index contributed by atoms with van der Waals surface area (Å²) in [5, 5.41) is 0. The monoisotopic (exact) mass is 385 g/mol. The molecule has 0 saturated heterocycles. The Kier molecular flexibility index (Phi) is 5.35. The molecular weight excluding hydrogens is 370 g/mol. The van der Waals surface area contributed by atoms with Crippen molar-refractivity contribution in [1.82, 2.24) is 0 Å². The van der Waals surface area contributed by atoms with Crippen LogP contribution >= 0.6 is 27.7 Å². The Labute approximate surface area is 138 Å². The second-order valence-electron chi connectivity index (χ2n) is 4.44. The Balaban J connectivity index is 2.40. The number of sulfonamides is 1. The summed E-state index contributed by atoms with van der Waals surface area (Å²) in [6.45, 7) is 3.82. The predicted octanol–water partition coefficient (Wildman–Crippen LogP) is 4.67. The van der Waals surface area contributed by atoms with Crippen LogP contribution in [0.1, 0.15) is 12.5 Å². The number of hydrogen-bond acceptors (Lipinski definition) is 3. The summed E-state index contributed by atoms with van der Waals surface area (Å²) in [5.74, 6) is 0.884. The van der Waals surface area contributed by atoms with Gasteiger partial charge in [0.25, 0.3) is 10.0 Å². The molecule has 0 aromatic heterocycles. The smallest absolute Gasteiger partial charge is 0.262 e. The van der Waals surface area contributed by atoms with E-state index in [4.69, 9.17) is 0 Å². The van der Waals surface area contributed by atoms with Gasteiger partial charge in [-0.05, 0) is 42.5 Å². The van der Waals surface area contributed by atoms with Gasteiger partial charge in [0.1, 0.15) is 0 Å². The van der Waals surface area contributed by atoms with Crippen LogP contribution < -0.4 is 4.72 Å². The topological polar surface area (TPSA) is 46.2 Å². The number of para-hydroxylation sites is 1. The van der Waals surface area contributed by atoms with E-state index in [2.05, 4.69) is 20.7 Å². The summed E-state index contributed by atoms with van der Waals surface area (Å²) in [4.78, 5) is 1.21. The maximum atomic E-state index is 12.6. The first-order valence-corrected chi connectivity index (χ1v) is 9.71. The van der Waals surface area contributed by atoms with E-state index < -0.39 is 10.0 Å². The summed E-state index contributed by atoms with van der Waals surface area (Å²) in [7, 11) is -3.60. The van der Waals surface area contributed by atoms with Crippen LogP contribution in [0.3, 0.4) is 0 Å². The highest BCUT2D eigenvalue weighted by molar-refractivity contribution is 9.10. The van der Waals surface area contributed by atoms with Crippen molar-refractivity contribution in [3.63, 3.8) is 0 Å². The Morgan fingerprint density at radius 1 is 1.19 bits per heavy atom. The third-order valence-corrected chi connectivity index (χ3v) is 5.83. The first-order chi connectivity index (χ1) is 9.94. The molecule has 6 heteroatoms. The summed E-state index contributed by atoms with van der Waals surface area (Å²) < 4.78 is 28.6. The lowest BCUT2D eigenvalue weighted by molar-refractivity contribution is 0.600. The SMILES string of the molecule is CCSc1ccccc1NS(=O)(=O)c1cc(Br)ccc1C. The lowest BCUT2D eigenvalue weighted by Gasteiger charge is -2.13. The molecule has 0 aliphatic carbocycles. The molecule has 0 spiro atoms. The van der Waals surface area contributed by atoms with Crippen molar-refractivity contribution in [3.8, 4) is 0 Å². The Bertz CT molecular complexity index is 745. The number of thioether (sulfide) groups is 1.